The fraction of sp³-hybridized carbons (Fsp3) is 0.381. The molecule has 10 nitrogen and oxygen atoms in total. The number of nitrogens with one attached hydrogen (secondary N) is 2. The minimum Gasteiger partial charge on any atom is -0.477 e. The lowest BCUT2D eigenvalue weighted by atomic mass is 10.0. The first-order chi connectivity index (χ1) is 15.3. The molecule has 3 aliphatic rings. The highest BCUT2D eigenvalue weighted by atomic mass is 32.2. The second kappa shape index (κ2) is 9.03. The van der Waals surface area contributed by atoms with Gasteiger partial charge in [0.2, 0.25) is 5.91 Å². The summed E-state index contributed by atoms with van der Waals surface area (Å²) in [5, 5.41) is 15.0. The highest BCUT2D eigenvalue weighted by Crippen LogP contribution is 2.40. The van der Waals surface area contributed by atoms with Gasteiger partial charge in [-0.2, -0.15) is 0 Å². The van der Waals surface area contributed by atoms with Gasteiger partial charge in [0.25, 0.3) is 5.91 Å². The number of hydrogen-bond donors (Lipinski definition) is 3. The van der Waals surface area contributed by atoms with Crippen LogP contribution in [0.2, 0.25) is 0 Å². The van der Waals surface area contributed by atoms with Crippen molar-refractivity contribution in [2.75, 3.05) is 25.4 Å². The van der Waals surface area contributed by atoms with E-state index in [-0.39, 0.29) is 30.4 Å². The molecule has 0 unspecified atom stereocenters. The number of ether oxygens (including phenoxy) is 1. The monoisotopic (exact) mass is 458 g/mol. The molecule has 32 heavy (non-hydrogen) atoms. The van der Waals surface area contributed by atoms with Gasteiger partial charge in [0.1, 0.15) is 29.6 Å². The van der Waals surface area contributed by atoms with Gasteiger partial charge < -0.3 is 20.5 Å². The number of rotatable bonds is 7. The summed E-state index contributed by atoms with van der Waals surface area (Å²) in [5.41, 5.74) is 1.92. The number of hydrogen-bond acceptors (Lipinski definition) is 8. The van der Waals surface area contributed by atoms with Crippen molar-refractivity contribution in [1.82, 2.24) is 15.5 Å². The number of carboxylic acid groups (broad SMARTS) is 1. The quantitative estimate of drug-likeness (QED) is 0.380. The molecule has 0 spiro atoms. The van der Waals surface area contributed by atoms with Crippen LogP contribution in [0.1, 0.15) is 18.1 Å². The first-order valence-corrected chi connectivity index (χ1v) is 11.1. The number of aliphatic carboxylic acids is 1. The Balaban J connectivity index is 1.38. The molecule has 0 bridgehead atoms. The Bertz CT molecular complexity index is 1040. The SMILES string of the molecule is CC(=O)OCC1=C(C(=O)O)N2C(=O)[C@@H](NC(=O)Cc3ccc(C4=NCCN4)cc3)[C@H]2SC1. The van der Waals surface area contributed by atoms with E-state index in [0.29, 0.717) is 5.57 Å². The van der Waals surface area contributed by atoms with Crippen molar-refractivity contribution in [3.63, 3.8) is 0 Å². The molecule has 1 saturated heterocycles. The van der Waals surface area contributed by atoms with Crippen molar-refractivity contribution in [2.24, 2.45) is 4.99 Å². The lowest BCUT2D eigenvalue weighted by Gasteiger charge is -2.49. The Hall–Kier alpha value is -3.34. The average Bonchev–Trinajstić information content (AvgIpc) is 3.30. The van der Waals surface area contributed by atoms with Gasteiger partial charge in [0, 0.05) is 30.4 Å². The molecule has 3 aliphatic heterocycles. The zero-order valence-electron chi connectivity index (χ0n) is 17.3. The van der Waals surface area contributed by atoms with Crippen LogP contribution in [0.3, 0.4) is 0 Å². The van der Waals surface area contributed by atoms with Crippen LogP contribution in [0.25, 0.3) is 0 Å². The molecule has 3 heterocycles. The van der Waals surface area contributed by atoms with Crippen molar-refractivity contribution in [3.05, 3.63) is 46.7 Å². The molecule has 0 aliphatic carbocycles. The van der Waals surface area contributed by atoms with Crippen LogP contribution < -0.4 is 10.6 Å². The van der Waals surface area contributed by atoms with E-state index in [9.17, 15) is 24.3 Å². The summed E-state index contributed by atoms with van der Waals surface area (Å²) in [7, 11) is 0. The van der Waals surface area contributed by atoms with E-state index in [1.807, 2.05) is 24.3 Å². The number of aliphatic imine (C=N–C) groups is 1. The molecule has 0 saturated carbocycles. The summed E-state index contributed by atoms with van der Waals surface area (Å²) in [6.07, 6.45) is 0.0979. The van der Waals surface area contributed by atoms with Crippen LogP contribution in [0.4, 0.5) is 0 Å². The number of esters is 1. The highest BCUT2D eigenvalue weighted by Gasteiger charge is 2.54. The summed E-state index contributed by atoms with van der Waals surface area (Å²) >= 11 is 1.33. The van der Waals surface area contributed by atoms with E-state index < -0.39 is 29.3 Å². The Morgan fingerprint density at radius 3 is 2.69 bits per heavy atom. The van der Waals surface area contributed by atoms with Crippen molar-refractivity contribution in [3.8, 4) is 0 Å². The number of amidine groups is 1. The minimum absolute atomic E-state index is 0.0979. The first kappa shape index (κ1) is 21.9. The summed E-state index contributed by atoms with van der Waals surface area (Å²) in [4.78, 5) is 53.5. The number of benzene rings is 1. The summed E-state index contributed by atoms with van der Waals surface area (Å²) in [5.74, 6) is -1.49. The average molecular weight is 458 g/mol. The molecule has 11 heteroatoms. The second-order valence-corrected chi connectivity index (χ2v) is 8.63. The number of carbonyl (C=O) groups is 4. The number of nitrogens with zero attached hydrogens (tertiary/aromatic N) is 2. The molecular formula is C21H22N4O6S. The van der Waals surface area contributed by atoms with Crippen LogP contribution >= 0.6 is 11.8 Å². The predicted octanol–water partition coefficient (Wildman–Crippen LogP) is -0.119. The number of β-lactam (4-membered cyclic amide) rings is 1. The predicted molar refractivity (Wildman–Crippen MR) is 116 cm³/mol. The zero-order chi connectivity index (χ0) is 22.8. The molecule has 1 fully saturated rings. The minimum atomic E-state index is -1.27. The highest BCUT2D eigenvalue weighted by molar-refractivity contribution is 8.00. The fourth-order valence-corrected chi connectivity index (χ4v) is 5.09. The molecule has 3 N–H and O–H groups in total. The van der Waals surface area contributed by atoms with E-state index in [2.05, 4.69) is 15.6 Å². The normalized spacial score (nSPS) is 21.8. The number of thioether (sulfide) groups is 1. The molecule has 1 aromatic carbocycles. The molecule has 0 radical (unpaired) electrons. The summed E-state index contributed by atoms with van der Waals surface area (Å²) < 4.78 is 4.91. The molecule has 168 valence electrons. The topological polar surface area (TPSA) is 137 Å². The fourth-order valence-electron chi connectivity index (χ4n) is 3.76. The van der Waals surface area contributed by atoms with Gasteiger partial charge in [-0.05, 0) is 5.56 Å². The Morgan fingerprint density at radius 2 is 2.06 bits per heavy atom. The Morgan fingerprint density at radius 1 is 1.31 bits per heavy atom. The van der Waals surface area contributed by atoms with Gasteiger partial charge in [0.15, 0.2) is 0 Å². The van der Waals surface area contributed by atoms with E-state index in [0.717, 1.165) is 35.0 Å². The van der Waals surface area contributed by atoms with Gasteiger partial charge in [-0.3, -0.25) is 24.3 Å². The van der Waals surface area contributed by atoms with E-state index in [1.165, 1.54) is 18.7 Å². The van der Waals surface area contributed by atoms with E-state index in [1.54, 1.807) is 0 Å². The Kier molecular flexibility index (Phi) is 6.17. The third-order valence-electron chi connectivity index (χ3n) is 5.28. The van der Waals surface area contributed by atoms with Gasteiger partial charge in [0.05, 0.1) is 13.0 Å². The van der Waals surface area contributed by atoms with Crippen LogP contribution in [-0.2, 0) is 30.3 Å². The Labute approximate surface area is 188 Å². The van der Waals surface area contributed by atoms with Gasteiger partial charge in [-0.25, -0.2) is 4.79 Å². The number of carboxylic acids is 1. The maximum Gasteiger partial charge on any atom is 0.352 e. The summed E-state index contributed by atoms with van der Waals surface area (Å²) in [6, 6.07) is 6.67. The van der Waals surface area contributed by atoms with Gasteiger partial charge in [-0.15, -0.1) is 11.8 Å². The third-order valence-corrected chi connectivity index (χ3v) is 6.62. The standard InChI is InChI=1S/C21H22N4O6S/c1-11(26)31-9-14-10-32-20-16(19(28)25(20)17(14)21(29)30)24-15(27)8-12-2-4-13(5-3-12)18-22-6-7-23-18/h2-5,16,20H,6-10H2,1H3,(H,22,23)(H,24,27)(H,29,30)/t16-,20-/m1/s1. The lowest BCUT2D eigenvalue weighted by molar-refractivity contribution is -0.151. The maximum absolute atomic E-state index is 12.6. The smallest absolute Gasteiger partial charge is 0.352 e. The summed E-state index contributed by atoms with van der Waals surface area (Å²) in [6.45, 7) is 2.60. The van der Waals surface area contributed by atoms with Crippen LogP contribution in [0.15, 0.2) is 40.5 Å². The molecule has 2 atom stereocenters. The number of amides is 2. The lowest BCUT2D eigenvalue weighted by Crippen LogP contribution is -2.70. The molecule has 0 aromatic heterocycles. The maximum atomic E-state index is 12.6. The van der Waals surface area contributed by atoms with Crippen LogP contribution in [-0.4, -0.2) is 76.5 Å². The first-order valence-electron chi connectivity index (χ1n) is 10.1. The van der Waals surface area contributed by atoms with Crippen molar-refractivity contribution >= 4 is 41.4 Å². The number of carbonyl (C=O) groups excluding carboxylic acids is 3. The zero-order valence-corrected chi connectivity index (χ0v) is 18.1. The van der Waals surface area contributed by atoms with Gasteiger partial charge in [-0.1, -0.05) is 24.3 Å². The molecule has 2 amide bonds. The van der Waals surface area contributed by atoms with Crippen LogP contribution in [0.5, 0.6) is 0 Å². The van der Waals surface area contributed by atoms with E-state index in [4.69, 9.17) is 4.74 Å². The number of fused-ring (bicyclic) bond motifs is 1. The van der Waals surface area contributed by atoms with Crippen molar-refractivity contribution < 1.29 is 29.0 Å². The third kappa shape index (κ3) is 4.33. The molecular weight excluding hydrogens is 436 g/mol. The van der Waals surface area contributed by atoms with Gasteiger partial charge >= 0.3 is 11.9 Å². The second-order valence-electron chi connectivity index (χ2n) is 7.52. The van der Waals surface area contributed by atoms with E-state index >= 15 is 0 Å². The van der Waals surface area contributed by atoms with Crippen molar-refractivity contribution in [2.45, 2.75) is 24.8 Å². The molecule has 4 rings (SSSR count). The van der Waals surface area contributed by atoms with Crippen molar-refractivity contribution in [1.29, 1.82) is 0 Å². The largest absolute Gasteiger partial charge is 0.477 e. The molecule has 1 aromatic rings. The van der Waals surface area contributed by atoms with Crippen LogP contribution in [0, 0.1) is 0 Å².